The molecule has 2 aromatic carbocycles. The van der Waals surface area contributed by atoms with Gasteiger partial charge in [0.1, 0.15) is 16.9 Å². The van der Waals surface area contributed by atoms with E-state index < -0.39 is 17.4 Å². The zero-order chi connectivity index (χ0) is 18.6. The second-order valence-corrected chi connectivity index (χ2v) is 6.27. The molecule has 3 aromatic rings. The van der Waals surface area contributed by atoms with Gasteiger partial charge in [-0.1, -0.05) is 48.5 Å². The molecule has 0 spiro atoms. The molecular formula is C20H20N2O4. The van der Waals surface area contributed by atoms with Crippen molar-refractivity contribution in [2.75, 3.05) is 6.54 Å². The van der Waals surface area contributed by atoms with Crippen molar-refractivity contribution in [1.29, 1.82) is 0 Å². The number of hydrogen-bond acceptors (Lipinski definition) is 4. The number of carbonyl (C=O) groups excluding carboxylic acids is 2. The van der Waals surface area contributed by atoms with Crippen LogP contribution in [-0.4, -0.2) is 23.5 Å². The van der Waals surface area contributed by atoms with E-state index in [1.165, 1.54) is 6.92 Å². The number of para-hydroxylation sites is 1. The number of amides is 2. The first-order valence-corrected chi connectivity index (χ1v) is 8.27. The molecule has 0 saturated carbocycles. The summed E-state index contributed by atoms with van der Waals surface area (Å²) in [6, 6.07) is 18.4. The van der Waals surface area contributed by atoms with Crippen LogP contribution in [0.15, 0.2) is 65.1 Å². The highest BCUT2D eigenvalue weighted by Crippen LogP contribution is 2.27. The second kappa shape index (κ2) is 7.41. The molecule has 6 nitrogen and oxygen atoms in total. The van der Waals surface area contributed by atoms with Crippen LogP contribution in [-0.2, 0) is 21.7 Å². The monoisotopic (exact) mass is 352 g/mol. The second-order valence-electron chi connectivity index (χ2n) is 6.27. The SMILES string of the molecule is CC(O)(CNC(=O)C(=O)NCc1ccccc1)c1cc2ccccc2o1. The maximum atomic E-state index is 11.9. The number of nitrogens with one attached hydrogen (secondary N) is 2. The lowest BCUT2D eigenvalue weighted by Crippen LogP contribution is -2.45. The molecule has 26 heavy (non-hydrogen) atoms. The zero-order valence-corrected chi connectivity index (χ0v) is 14.4. The molecule has 0 aliphatic rings. The van der Waals surface area contributed by atoms with Crippen molar-refractivity contribution < 1.29 is 19.1 Å². The quantitative estimate of drug-likeness (QED) is 0.613. The van der Waals surface area contributed by atoms with E-state index in [-0.39, 0.29) is 13.1 Å². The number of aliphatic hydroxyl groups is 1. The molecule has 3 rings (SSSR count). The van der Waals surface area contributed by atoms with E-state index in [0.717, 1.165) is 10.9 Å². The van der Waals surface area contributed by atoms with Crippen LogP contribution in [0.1, 0.15) is 18.2 Å². The van der Waals surface area contributed by atoms with Gasteiger partial charge in [0.15, 0.2) is 0 Å². The summed E-state index contributed by atoms with van der Waals surface area (Å²) in [4.78, 5) is 23.8. The van der Waals surface area contributed by atoms with Crippen LogP contribution in [0.4, 0.5) is 0 Å². The van der Waals surface area contributed by atoms with Gasteiger partial charge >= 0.3 is 11.8 Å². The van der Waals surface area contributed by atoms with Crippen molar-refractivity contribution in [1.82, 2.24) is 10.6 Å². The average Bonchev–Trinajstić information content (AvgIpc) is 3.10. The first-order valence-electron chi connectivity index (χ1n) is 8.27. The third-order valence-corrected chi connectivity index (χ3v) is 4.05. The van der Waals surface area contributed by atoms with Gasteiger partial charge in [-0.3, -0.25) is 9.59 Å². The lowest BCUT2D eigenvalue weighted by Gasteiger charge is -2.20. The Hall–Kier alpha value is -3.12. The summed E-state index contributed by atoms with van der Waals surface area (Å²) in [6.07, 6.45) is 0. The van der Waals surface area contributed by atoms with Gasteiger partial charge in [-0.15, -0.1) is 0 Å². The molecule has 2 amide bonds. The Kier molecular flexibility index (Phi) is 5.04. The fourth-order valence-electron chi connectivity index (χ4n) is 2.53. The largest absolute Gasteiger partial charge is 0.458 e. The van der Waals surface area contributed by atoms with E-state index >= 15 is 0 Å². The minimum atomic E-state index is -1.44. The first-order chi connectivity index (χ1) is 12.5. The topological polar surface area (TPSA) is 91.6 Å². The van der Waals surface area contributed by atoms with Crippen LogP contribution >= 0.6 is 0 Å². The lowest BCUT2D eigenvalue weighted by atomic mass is 10.0. The van der Waals surface area contributed by atoms with Gasteiger partial charge in [0.25, 0.3) is 0 Å². The molecule has 0 radical (unpaired) electrons. The van der Waals surface area contributed by atoms with Crippen molar-refractivity contribution in [3.05, 3.63) is 72.0 Å². The third kappa shape index (κ3) is 4.10. The summed E-state index contributed by atoms with van der Waals surface area (Å²) in [5.74, 6) is -1.24. The number of hydrogen-bond donors (Lipinski definition) is 3. The highest BCUT2D eigenvalue weighted by atomic mass is 16.4. The first kappa shape index (κ1) is 17.7. The molecule has 6 heteroatoms. The molecule has 0 aliphatic heterocycles. The van der Waals surface area contributed by atoms with Crippen LogP contribution in [0.5, 0.6) is 0 Å². The summed E-state index contributed by atoms with van der Waals surface area (Å²) in [7, 11) is 0. The Balaban J connectivity index is 1.56. The van der Waals surface area contributed by atoms with Crippen LogP contribution in [0, 0.1) is 0 Å². The molecule has 0 bridgehead atoms. The molecule has 134 valence electrons. The smallest absolute Gasteiger partial charge is 0.309 e. The maximum Gasteiger partial charge on any atom is 0.309 e. The molecule has 0 aliphatic carbocycles. The van der Waals surface area contributed by atoms with Crippen LogP contribution < -0.4 is 10.6 Å². The van der Waals surface area contributed by atoms with E-state index in [9.17, 15) is 14.7 Å². The van der Waals surface area contributed by atoms with Gasteiger partial charge in [-0.05, 0) is 24.6 Å². The highest BCUT2D eigenvalue weighted by molar-refractivity contribution is 6.35. The Labute approximate surface area is 150 Å². The Bertz CT molecular complexity index is 883. The van der Waals surface area contributed by atoms with Crippen LogP contribution in [0.25, 0.3) is 11.0 Å². The number of rotatable bonds is 5. The van der Waals surface area contributed by atoms with Gasteiger partial charge in [-0.25, -0.2) is 0 Å². The molecule has 1 atom stereocenters. The summed E-state index contributed by atoms with van der Waals surface area (Å²) in [5, 5.41) is 16.4. The van der Waals surface area contributed by atoms with E-state index in [0.29, 0.717) is 11.3 Å². The number of fused-ring (bicyclic) bond motifs is 1. The third-order valence-electron chi connectivity index (χ3n) is 4.05. The van der Waals surface area contributed by atoms with Crippen molar-refractivity contribution in [3.8, 4) is 0 Å². The summed E-state index contributed by atoms with van der Waals surface area (Å²) in [6.45, 7) is 1.63. The Morgan fingerprint density at radius 2 is 1.65 bits per heavy atom. The summed E-state index contributed by atoms with van der Waals surface area (Å²) in [5.41, 5.74) is 0.103. The fourth-order valence-corrected chi connectivity index (χ4v) is 2.53. The van der Waals surface area contributed by atoms with Gasteiger partial charge < -0.3 is 20.2 Å². The van der Waals surface area contributed by atoms with Gasteiger partial charge in [0, 0.05) is 11.9 Å². The van der Waals surface area contributed by atoms with Crippen LogP contribution in [0.2, 0.25) is 0 Å². The molecule has 1 aromatic heterocycles. The molecule has 3 N–H and O–H groups in total. The van der Waals surface area contributed by atoms with Crippen molar-refractivity contribution in [2.24, 2.45) is 0 Å². The van der Waals surface area contributed by atoms with Crippen molar-refractivity contribution >= 4 is 22.8 Å². The maximum absolute atomic E-state index is 11.9. The predicted molar refractivity (Wildman–Crippen MR) is 97.1 cm³/mol. The van der Waals surface area contributed by atoms with E-state index in [1.54, 1.807) is 12.1 Å². The standard InChI is InChI=1S/C20H20N2O4/c1-20(25,17-11-15-9-5-6-10-16(15)26-17)13-22-19(24)18(23)21-12-14-7-3-2-4-8-14/h2-11,25H,12-13H2,1H3,(H,21,23)(H,22,24). The number of furan rings is 1. The minimum absolute atomic E-state index is 0.148. The number of benzene rings is 2. The van der Waals surface area contributed by atoms with Crippen molar-refractivity contribution in [3.63, 3.8) is 0 Å². The van der Waals surface area contributed by atoms with Gasteiger partial charge in [0.05, 0.1) is 6.54 Å². The van der Waals surface area contributed by atoms with Crippen LogP contribution in [0.3, 0.4) is 0 Å². The normalized spacial score (nSPS) is 13.2. The molecule has 1 heterocycles. The average molecular weight is 352 g/mol. The number of carbonyl (C=O) groups is 2. The molecular weight excluding hydrogens is 332 g/mol. The van der Waals surface area contributed by atoms with Gasteiger partial charge in [0.2, 0.25) is 0 Å². The lowest BCUT2D eigenvalue weighted by molar-refractivity contribution is -0.140. The van der Waals surface area contributed by atoms with Gasteiger partial charge in [-0.2, -0.15) is 0 Å². The Morgan fingerprint density at radius 3 is 2.38 bits per heavy atom. The van der Waals surface area contributed by atoms with E-state index in [1.807, 2.05) is 48.5 Å². The molecule has 0 saturated heterocycles. The predicted octanol–water partition coefficient (Wildman–Crippen LogP) is 2.07. The van der Waals surface area contributed by atoms with E-state index in [2.05, 4.69) is 10.6 Å². The zero-order valence-electron chi connectivity index (χ0n) is 14.4. The summed E-state index contributed by atoms with van der Waals surface area (Å²) >= 11 is 0. The minimum Gasteiger partial charge on any atom is -0.458 e. The molecule has 1 unspecified atom stereocenters. The fraction of sp³-hybridized carbons (Fsp3) is 0.200. The van der Waals surface area contributed by atoms with E-state index in [4.69, 9.17) is 4.42 Å². The van der Waals surface area contributed by atoms with Crippen molar-refractivity contribution in [2.45, 2.75) is 19.1 Å². The highest BCUT2D eigenvalue weighted by Gasteiger charge is 2.29. The summed E-state index contributed by atoms with van der Waals surface area (Å²) < 4.78 is 5.63. The molecule has 0 fully saturated rings. The Morgan fingerprint density at radius 1 is 1.00 bits per heavy atom.